The van der Waals surface area contributed by atoms with E-state index < -0.39 is 23.8 Å². The number of fused-ring (bicyclic) bond motifs is 1. The molecular formula is C19H18N2O4. The van der Waals surface area contributed by atoms with Gasteiger partial charge in [0.05, 0.1) is 11.1 Å². The molecule has 1 atom stereocenters. The second-order valence-electron chi connectivity index (χ2n) is 5.97. The van der Waals surface area contributed by atoms with Gasteiger partial charge in [0.2, 0.25) is 0 Å². The van der Waals surface area contributed by atoms with E-state index in [2.05, 4.69) is 0 Å². The molecule has 1 unspecified atom stereocenters. The van der Waals surface area contributed by atoms with E-state index in [1.54, 1.807) is 30.3 Å². The monoisotopic (exact) mass is 338 g/mol. The van der Waals surface area contributed by atoms with Crippen LogP contribution in [0.5, 0.6) is 0 Å². The molecule has 0 aromatic heterocycles. The maximum atomic E-state index is 12.6. The number of carbonyl (C=O) groups is 3. The van der Waals surface area contributed by atoms with Gasteiger partial charge < -0.3 is 10.8 Å². The highest BCUT2D eigenvalue weighted by Crippen LogP contribution is 2.27. The molecule has 3 N–H and O–H groups in total. The van der Waals surface area contributed by atoms with Crippen molar-refractivity contribution in [1.29, 1.82) is 0 Å². The third-order valence-electron chi connectivity index (χ3n) is 4.45. The summed E-state index contributed by atoms with van der Waals surface area (Å²) in [6.45, 7) is 1.94. The van der Waals surface area contributed by atoms with Crippen molar-refractivity contribution in [3.63, 3.8) is 0 Å². The van der Waals surface area contributed by atoms with Crippen LogP contribution >= 0.6 is 0 Å². The minimum absolute atomic E-state index is 0.0459. The number of amides is 2. The lowest BCUT2D eigenvalue weighted by Crippen LogP contribution is -2.46. The highest BCUT2D eigenvalue weighted by Gasteiger charge is 2.42. The van der Waals surface area contributed by atoms with E-state index in [1.165, 1.54) is 12.1 Å². The molecule has 2 amide bonds. The van der Waals surface area contributed by atoms with Gasteiger partial charge in [0, 0.05) is 12.1 Å². The van der Waals surface area contributed by atoms with E-state index in [1.807, 2.05) is 6.92 Å². The van der Waals surface area contributed by atoms with E-state index in [-0.39, 0.29) is 17.5 Å². The molecule has 25 heavy (non-hydrogen) atoms. The van der Waals surface area contributed by atoms with Gasteiger partial charge >= 0.3 is 5.97 Å². The van der Waals surface area contributed by atoms with E-state index in [0.29, 0.717) is 12.1 Å². The summed E-state index contributed by atoms with van der Waals surface area (Å²) >= 11 is 0. The molecule has 2 aromatic carbocycles. The minimum atomic E-state index is -1.26. The SMILES string of the molecule is CCc1cc(N)ccc1CC(C(=O)O)N1C(=O)c2ccccc2C1=O. The summed E-state index contributed by atoms with van der Waals surface area (Å²) in [5, 5.41) is 9.66. The summed E-state index contributed by atoms with van der Waals surface area (Å²) in [4.78, 5) is 37.8. The zero-order chi connectivity index (χ0) is 18.1. The van der Waals surface area contributed by atoms with Gasteiger partial charge in [-0.05, 0) is 41.8 Å². The third kappa shape index (κ3) is 2.87. The molecule has 0 aliphatic carbocycles. The lowest BCUT2D eigenvalue weighted by Gasteiger charge is -2.23. The van der Waals surface area contributed by atoms with Gasteiger partial charge in [-0.1, -0.05) is 25.1 Å². The number of hydrogen-bond acceptors (Lipinski definition) is 4. The van der Waals surface area contributed by atoms with Crippen molar-refractivity contribution in [3.05, 3.63) is 64.7 Å². The number of carboxylic acids is 1. The number of aliphatic carboxylic acids is 1. The predicted octanol–water partition coefficient (Wildman–Crippen LogP) is 2.12. The lowest BCUT2D eigenvalue weighted by atomic mass is 9.97. The van der Waals surface area contributed by atoms with Crippen molar-refractivity contribution in [2.75, 3.05) is 5.73 Å². The first-order valence-electron chi connectivity index (χ1n) is 8.01. The normalized spacial score (nSPS) is 14.5. The Morgan fingerprint density at radius 3 is 2.20 bits per heavy atom. The fourth-order valence-electron chi connectivity index (χ4n) is 3.16. The van der Waals surface area contributed by atoms with Crippen molar-refractivity contribution in [3.8, 4) is 0 Å². The highest BCUT2D eigenvalue weighted by molar-refractivity contribution is 6.22. The van der Waals surface area contributed by atoms with Crippen LogP contribution in [0.1, 0.15) is 38.8 Å². The maximum absolute atomic E-state index is 12.6. The van der Waals surface area contributed by atoms with Crippen molar-refractivity contribution in [2.45, 2.75) is 25.8 Å². The fourth-order valence-corrected chi connectivity index (χ4v) is 3.16. The molecule has 0 fully saturated rings. The molecule has 128 valence electrons. The van der Waals surface area contributed by atoms with E-state index in [4.69, 9.17) is 5.73 Å². The number of rotatable bonds is 5. The lowest BCUT2D eigenvalue weighted by molar-refractivity contribution is -0.141. The summed E-state index contributed by atoms with van der Waals surface area (Å²) in [5.74, 6) is -2.35. The van der Waals surface area contributed by atoms with Crippen LogP contribution in [-0.4, -0.2) is 33.8 Å². The first-order valence-corrected chi connectivity index (χ1v) is 8.01. The Bertz CT molecular complexity index is 840. The van der Waals surface area contributed by atoms with Crippen LogP contribution in [0, 0.1) is 0 Å². The van der Waals surface area contributed by atoms with Crippen LogP contribution < -0.4 is 5.73 Å². The Kier molecular flexibility index (Phi) is 4.27. The van der Waals surface area contributed by atoms with Gasteiger partial charge in [-0.2, -0.15) is 0 Å². The zero-order valence-corrected chi connectivity index (χ0v) is 13.7. The van der Waals surface area contributed by atoms with Crippen LogP contribution in [0.2, 0.25) is 0 Å². The molecule has 1 heterocycles. The van der Waals surface area contributed by atoms with Gasteiger partial charge in [0.15, 0.2) is 0 Å². The van der Waals surface area contributed by atoms with Crippen LogP contribution in [0.25, 0.3) is 0 Å². The average Bonchev–Trinajstić information content (AvgIpc) is 2.85. The molecule has 0 spiro atoms. The van der Waals surface area contributed by atoms with Crippen LogP contribution in [0.15, 0.2) is 42.5 Å². The molecule has 0 bridgehead atoms. The van der Waals surface area contributed by atoms with Crippen LogP contribution in [0.3, 0.4) is 0 Å². The van der Waals surface area contributed by atoms with E-state index in [9.17, 15) is 19.5 Å². The Hall–Kier alpha value is -3.15. The van der Waals surface area contributed by atoms with Gasteiger partial charge in [0.25, 0.3) is 11.8 Å². The van der Waals surface area contributed by atoms with Crippen molar-refractivity contribution in [2.24, 2.45) is 0 Å². The molecule has 1 aliphatic heterocycles. The van der Waals surface area contributed by atoms with Gasteiger partial charge in [-0.3, -0.25) is 14.5 Å². The summed E-state index contributed by atoms with van der Waals surface area (Å²) in [7, 11) is 0. The molecule has 0 saturated carbocycles. The summed E-state index contributed by atoms with van der Waals surface area (Å²) in [5.41, 5.74) is 8.53. The molecular weight excluding hydrogens is 320 g/mol. The van der Waals surface area contributed by atoms with E-state index >= 15 is 0 Å². The van der Waals surface area contributed by atoms with Gasteiger partial charge in [0.1, 0.15) is 6.04 Å². The fraction of sp³-hybridized carbons (Fsp3) is 0.211. The zero-order valence-electron chi connectivity index (χ0n) is 13.7. The standard InChI is InChI=1S/C19H18N2O4/c1-2-11-9-13(20)8-7-12(11)10-16(19(24)25)21-17(22)14-5-3-4-6-15(14)18(21)23/h3-9,16H,2,10,20H2,1H3,(H,24,25). The quantitative estimate of drug-likeness (QED) is 0.642. The molecule has 6 nitrogen and oxygen atoms in total. The van der Waals surface area contributed by atoms with Crippen molar-refractivity contribution >= 4 is 23.5 Å². The Morgan fingerprint density at radius 1 is 1.08 bits per heavy atom. The van der Waals surface area contributed by atoms with Crippen LogP contribution in [0.4, 0.5) is 5.69 Å². The second kappa shape index (κ2) is 6.39. The average molecular weight is 338 g/mol. The van der Waals surface area contributed by atoms with Crippen molar-refractivity contribution < 1.29 is 19.5 Å². The minimum Gasteiger partial charge on any atom is -0.480 e. The molecule has 1 aliphatic rings. The second-order valence-corrected chi connectivity index (χ2v) is 5.97. The number of nitrogens with zero attached hydrogens (tertiary/aromatic N) is 1. The number of anilines is 1. The smallest absolute Gasteiger partial charge is 0.327 e. The predicted molar refractivity (Wildman–Crippen MR) is 92.3 cm³/mol. The van der Waals surface area contributed by atoms with Gasteiger partial charge in [-0.25, -0.2) is 4.79 Å². The Morgan fingerprint density at radius 2 is 1.68 bits per heavy atom. The number of aryl methyl sites for hydroxylation is 1. The van der Waals surface area contributed by atoms with E-state index in [0.717, 1.165) is 16.0 Å². The third-order valence-corrected chi connectivity index (χ3v) is 4.45. The number of nitrogens with two attached hydrogens (primary N) is 1. The molecule has 0 saturated heterocycles. The summed E-state index contributed by atoms with van der Waals surface area (Å²) < 4.78 is 0. The number of benzene rings is 2. The summed E-state index contributed by atoms with van der Waals surface area (Å²) in [6, 6.07) is 10.3. The number of carbonyl (C=O) groups excluding carboxylic acids is 2. The first kappa shape index (κ1) is 16.7. The maximum Gasteiger partial charge on any atom is 0.327 e. The first-order chi connectivity index (χ1) is 11.9. The van der Waals surface area contributed by atoms with Gasteiger partial charge in [-0.15, -0.1) is 0 Å². The summed E-state index contributed by atoms with van der Waals surface area (Å²) in [6.07, 6.45) is 0.721. The largest absolute Gasteiger partial charge is 0.480 e. The number of hydrogen-bond donors (Lipinski definition) is 2. The molecule has 3 rings (SSSR count). The number of nitrogen functional groups attached to an aromatic ring is 1. The number of carboxylic acid groups (broad SMARTS) is 1. The molecule has 2 aromatic rings. The van der Waals surface area contributed by atoms with Crippen LogP contribution in [-0.2, 0) is 17.6 Å². The molecule has 6 heteroatoms. The number of imide groups is 1. The Labute approximate surface area is 144 Å². The highest BCUT2D eigenvalue weighted by atomic mass is 16.4. The Balaban J connectivity index is 1.97. The topological polar surface area (TPSA) is 101 Å². The van der Waals surface area contributed by atoms with Crippen molar-refractivity contribution in [1.82, 2.24) is 4.90 Å². The molecule has 0 radical (unpaired) electrons.